The van der Waals surface area contributed by atoms with Gasteiger partial charge < -0.3 is 11.1 Å². The monoisotopic (exact) mass is 283 g/mol. The minimum absolute atomic E-state index is 0.376. The van der Waals surface area contributed by atoms with E-state index in [1.54, 1.807) is 6.20 Å². The van der Waals surface area contributed by atoms with Crippen LogP contribution in [0, 0.1) is 0 Å². The molecule has 0 saturated heterocycles. The molecule has 0 atom stereocenters. The number of rotatable bonds is 3. The first-order valence-electron chi connectivity index (χ1n) is 6.88. The van der Waals surface area contributed by atoms with Crippen molar-refractivity contribution in [2.24, 2.45) is 5.73 Å². The van der Waals surface area contributed by atoms with Gasteiger partial charge in [-0.1, -0.05) is 24.4 Å². The van der Waals surface area contributed by atoms with Crippen molar-refractivity contribution in [1.29, 1.82) is 0 Å². The van der Waals surface area contributed by atoms with Crippen LogP contribution in [0.2, 0.25) is 0 Å². The molecule has 1 aliphatic rings. The van der Waals surface area contributed by atoms with Crippen molar-refractivity contribution in [2.75, 3.05) is 5.32 Å². The number of anilines is 2. The van der Waals surface area contributed by atoms with E-state index in [2.05, 4.69) is 28.5 Å². The van der Waals surface area contributed by atoms with Gasteiger partial charge >= 0.3 is 0 Å². The fourth-order valence-corrected chi connectivity index (χ4v) is 2.77. The van der Waals surface area contributed by atoms with E-state index in [0.717, 1.165) is 23.5 Å². The Morgan fingerprint density at radius 2 is 2.00 bits per heavy atom. The Kier molecular flexibility index (Phi) is 3.65. The van der Waals surface area contributed by atoms with Gasteiger partial charge in [-0.3, -0.25) is 0 Å². The number of hydrogen-bond donors (Lipinski definition) is 2. The van der Waals surface area contributed by atoms with Gasteiger partial charge in [0, 0.05) is 17.4 Å². The standard InChI is InChI=1S/C16H17N3S/c17-16(20)12-8-9-15(18-10-12)19-14-7-3-5-11-4-1-2-6-13(11)14/h3,5,7-10H,1-2,4,6H2,(H2,17,20)(H,18,19). The van der Waals surface area contributed by atoms with Gasteiger partial charge in [0.15, 0.2) is 0 Å². The van der Waals surface area contributed by atoms with Crippen LogP contribution < -0.4 is 11.1 Å². The normalized spacial score (nSPS) is 13.6. The lowest BCUT2D eigenvalue weighted by Gasteiger charge is -2.19. The van der Waals surface area contributed by atoms with Crippen molar-refractivity contribution in [3.8, 4) is 0 Å². The highest BCUT2D eigenvalue weighted by molar-refractivity contribution is 7.80. The van der Waals surface area contributed by atoms with Gasteiger partial charge in [-0.2, -0.15) is 0 Å². The molecule has 3 rings (SSSR count). The quantitative estimate of drug-likeness (QED) is 0.848. The highest BCUT2D eigenvalue weighted by Crippen LogP contribution is 2.29. The molecule has 3 nitrogen and oxygen atoms in total. The zero-order valence-electron chi connectivity index (χ0n) is 11.2. The lowest BCUT2D eigenvalue weighted by molar-refractivity contribution is 0.687. The third-order valence-electron chi connectivity index (χ3n) is 3.71. The summed E-state index contributed by atoms with van der Waals surface area (Å²) in [5.41, 5.74) is 10.4. The molecule has 0 bridgehead atoms. The number of nitrogens with one attached hydrogen (secondary N) is 1. The van der Waals surface area contributed by atoms with Crippen LogP contribution in [0.15, 0.2) is 36.5 Å². The van der Waals surface area contributed by atoms with Crippen LogP contribution in [-0.4, -0.2) is 9.97 Å². The second-order valence-corrected chi connectivity index (χ2v) is 5.51. The molecule has 0 saturated carbocycles. The summed E-state index contributed by atoms with van der Waals surface area (Å²) in [6.45, 7) is 0. The van der Waals surface area contributed by atoms with Crippen LogP contribution in [0.4, 0.5) is 11.5 Å². The lowest BCUT2D eigenvalue weighted by Crippen LogP contribution is -2.10. The molecule has 3 N–H and O–H groups in total. The first kappa shape index (κ1) is 13.1. The maximum absolute atomic E-state index is 5.58. The van der Waals surface area contributed by atoms with E-state index in [9.17, 15) is 0 Å². The third-order valence-corrected chi connectivity index (χ3v) is 3.94. The lowest BCUT2D eigenvalue weighted by atomic mass is 9.90. The van der Waals surface area contributed by atoms with Crippen molar-refractivity contribution in [3.05, 3.63) is 53.2 Å². The zero-order valence-corrected chi connectivity index (χ0v) is 12.0. The predicted molar refractivity (Wildman–Crippen MR) is 86.5 cm³/mol. The Balaban J connectivity index is 1.86. The minimum Gasteiger partial charge on any atom is -0.389 e. The summed E-state index contributed by atoms with van der Waals surface area (Å²) >= 11 is 4.93. The van der Waals surface area contributed by atoms with Crippen molar-refractivity contribution in [3.63, 3.8) is 0 Å². The summed E-state index contributed by atoms with van der Waals surface area (Å²) in [6.07, 6.45) is 6.58. The van der Waals surface area contributed by atoms with Gasteiger partial charge in [0.25, 0.3) is 0 Å². The number of benzene rings is 1. The Morgan fingerprint density at radius 1 is 1.15 bits per heavy atom. The average molecular weight is 283 g/mol. The van der Waals surface area contributed by atoms with Crippen molar-refractivity contribution in [1.82, 2.24) is 4.98 Å². The molecule has 1 aromatic carbocycles. The number of pyridine rings is 1. The van der Waals surface area contributed by atoms with E-state index < -0.39 is 0 Å². The van der Waals surface area contributed by atoms with Crippen molar-refractivity contribution >= 4 is 28.7 Å². The molecule has 1 aromatic heterocycles. The van der Waals surface area contributed by atoms with Crippen LogP contribution in [0.5, 0.6) is 0 Å². The van der Waals surface area contributed by atoms with Gasteiger partial charge in [-0.25, -0.2) is 4.98 Å². The smallest absolute Gasteiger partial charge is 0.130 e. The minimum atomic E-state index is 0.376. The second-order valence-electron chi connectivity index (χ2n) is 5.07. The molecular formula is C16H17N3S. The molecular weight excluding hydrogens is 266 g/mol. The van der Waals surface area contributed by atoms with Crippen molar-refractivity contribution in [2.45, 2.75) is 25.7 Å². The number of aromatic nitrogens is 1. The Bertz CT molecular complexity index is 635. The number of fused-ring (bicyclic) bond motifs is 1. The van der Waals surface area contributed by atoms with E-state index in [0.29, 0.717) is 4.99 Å². The van der Waals surface area contributed by atoms with Gasteiger partial charge in [-0.05, 0) is 55.0 Å². The molecule has 102 valence electrons. The summed E-state index contributed by atoms with van der Waals surface area (Å²) in [6, 6.07) is 10.3. The molecule has 0 radical (unpaired) electrons. The van der Waals surface area contributed by atoms with Gasteiger partial charge in [0.1, 0.15) is 10.8 Å². The Hall–Kier alpha value is -1.94. The summed E-state index contributed by atoms with van der Waals surface area (Å²) in [5, 5.41) is 3.40. The van der Waals surface area contributed by atoms with Crippen LogP contribution in [0.3, 0.4) is 0 Å². The highest BCUT2D eigenvalue weighted by Gasteiger charge is 2.13. The molecule has 2 aromatic rings. The van der Waals surface area contributed by atoms with Gasteiger partial charge in [0.05, 0.1) is 0 Å². The van der Waals surface area contributed by atoms with Crippen LogP contribution in [-0.2, 0) is 12.8 Å². The van der Waals surface area contributed by atoms with Gasteiger partial charge in [0.2, 0.25) is 0 Å². The number of nitrogens with zero attached hydrogens (tertiary/aromatic N) is 1. The SMILES string of the molecule is NC(=S)c1ccc(Nc2cccc3c2CCCC3)nc1. The molecule has 0 spiro atoms. The highest BCUT2D eigenvalue weighted by atomic mass is 32.1. The summed E-state index contributed by atoms with van der Waals surface area (Å²) < 4.78 is 0. The number of thiocarbonyl (C=S) groups is 1. The fourth-order valence-electron chi connectivity index (χ4n) is 2.65. The zero-order chi connectivity index (χ0) is 13.9. The molecule has 0 aliphatic heterocycles. The topological polar surface area (TPSA) is 50.9 Å². The average Bonchev–Trinajstić information content (AvgIpc) is 2.48. The molecule has 1 heterocycles. The Labute approximate surface area is 124 Å². The molecule has 0 fully saturated rings. The number of aryl methyl sites for hydroxylation is 1. The fraction of sp³-hybridized carbons (Fsp3) is 0.250. The van der Waals surface area contributed by atoms with Gasteiger partial charge in [-0.15, -0.1) is 0 Å². The first-order valence-corrected chi connectivity index (χ1v) is 7.28. The van der Waals surface area contributed by atoms with E-state index >= 15 is 0 Å². The van der Waals surface area contributed by atoms with E-state index in [4.69, 9.17) is 18.0 Å². The largest absolute Gasteiger partial charge is 0.389 e. The second kappa shape index (κ2) is 5.59. The molecule has 4 heteroatoms. The molecule has 0 amide bonds. The predicted octanol–water partition coefficient (Wildman–Crippen LogP) is 3.34. The van der Waals surface area contributed by atoms with Crippen LogP contribution in [0.25, 0.3) is 0 Å². The maximum atomic E-state index is 5.58. The third kappa shape index (κ3) is 2.65. The number of nitrogens with two attached hydrogens (primary N) is 1. The van der Waals surface area contributed by atoms with Crippen molar-refractivity contribution < 1.29 is 0 Å². The van der Waals surface area contributed by atoms with E-state index in [-0.39, 0.29) is 0 Å². The maximum Gasteiger partial charge on any atom is 0.130 e. The summed E-state index contributed by atoms with van der Waals surface area (Å²) in [7, 11) is 0. The molecule has 0 unspecified atom stereocenters. The first-order chi connectivity index (χ1) is 9.74. The van der Waals surface area contributed by atoms with E-state index in [1.807, 2.05) is 12.1 Å². The Morgan fingerprint density at radius 3 is 2.75 bits per heavy atom. The molecule has 20 heavy (non-hydrogen) atoms. The molecule has 1 aliphatic carbocycles. The summed E-state index contributed by atoms with van der Waals surface area (Å²) in [4.78, 5) is 4.74. The van der Waals surface area contributed by atoms with Crippen LogP contribution >= 0.6 is 12.2 Å². The summed E-state index contributed by atoms with van der Waals surface area (Å²) in [5.74, 6) is 0.823. The van der Waals surface area contributed by atoms with E-state index in [1.165, 1.54) is 30.4 Å². The van der Waals surface area contributed by atoms with Crippen LogP contribution in [0.1, 0.15) is 29.5 Å². The number of hydrogen-bond acceptors (Lipinski definition) is 3.